The average molecular weight is 391 g/mol. The molecule has 3 aromatic rings. The van der Waals surface area contributed by atoms with Gasteiger partial charge >= 0.3 is 5.97 Å². The number of anilines is 1. The zero-order chi connectivity index (χ0) is 18.7. The smallest absolute Gasteiger partial charge is 0.339 e. The molecule has 0 radical (unpaired) electrons. The largest absolute Gasteiger partial charge is 0.465 e. The van der Waals surface area contributed by atoms with E-state index in [0.29, 0.717) is 23.0 Å². The molecule has 1 amide bonds. The molecule has 0 unspecified atom stereocenters. The number of oxazole rings is 1. The Kier molecular flexibility index (Phi) is 5.39. The van der Waals surface area contributed by atoms with Crippen LogP contribution in [0.2, 0.25) is 5.02 Å². The maximum Gasteiger partial charge on any atom is 0.339 e. The number of carbonyl (C=O) groups is 2. The highest BCUT2D eigenvalue weighted by atomic mass is 35.5. The van der Waals surface area contributed by atoms with Crippen molar-refractivity contribution in [2.24, 2.45) is 0 Å². The van der Waals surface area contributed by atoms with Crippen molar-refractivity contribution in [2.75, 3.05) is 12.4 Å². The molecule has 0 aliphatic carbocycles. The van der Waals surface area contributed by atoms with Gasteiger partial charge in [0, 0.05) is 5.69 Å². The van der Waals surface area contributed by atoms with Gasteiger partial charge in [0.1, 0.15) is 5.76 Å². The molecule has 3 rings (SSSR count). The highest BCUT2D eigenvalue weighted by Gasteiger charge is 2.17. The Morgan fingerprint density at radius 1 is 1.35 bits per heavy atom. The number of halogens is 1. The van der Waals surface area contributed by atoms with Gasteiger partial charge in [-0.25, -0.2) is 9.78 Å². The minimum Gasteiger partial charge on any atom is -0.465 e. The quantitative estimate of drug-likeness (QED) is 0.655. The van der Waals surface area contributed by atoms with Gasteiger partial charge in [-0.2, -0.15) is 0 Å². The highest BCUT2D eigenvalue weighted by Crippen LogP contribution is 2.26. The van der Waals surface area contributed by atoms with Gasteiger partial charge in [-0.05, 0) is 36.6 Å². The van der Waals surface area contributed by atoms with Crippen LogP contribution in [0.25, 0.3) is 10.8 Å². The maximum absolute atomic E-state index is 12.3. The molecular formula is C18H15ClN2O4S. The van der Waals surface area contributed by atoms with Crippen LogP contribution in [0.1, 0.15) is 21.8 Å². The van der Waals surface area contributed by atoms with E-state index in [1.54, 1.807) is 13.0 Å². The molecule has 0 saturated carbocycles. The van der Waals surface area contributed by atoms with Crippen LogP contribution in [-0.2, 0) is 16.0 Å². The fourth-order valence-corrected chi connectivity index (χ4v) is 3.17. The van der Waals surface area contributed by atoms with Crippen LogP contribution in [-0.4, -0.2) is 24.0 Å². The molecular weight excluding hydrogens is 376 g/mol. The van der Waals surface area contributed by atoms with Gasteiger partial charge in [0.15, 0.2) is 0 Å². The Morgan fingerprint density at radius 2 is 2.15 bits per heavy atom. The third-order valence-corrected chi connectivity index (χ3v) is 4.80. The van der Waals surface area contributed by atoms with Crippen LogP contribution in [0.3, 0.4) is 0 Å². The van der Waals surface area contributed by atoms with Gasteiger partial charge in [0.05, 0.1) is 34.7 Å². The Balaban J connectivity index is 1.73. The van der Waals surface area contributed by atoms with Crippen LogP contribution >= 0.6 is 22.9 Å². The number of nitrogens with zero attached hydrogens (tertiary/aromatic N) is 1. The first kappa shape index (κ1) is 18.2. The lowest BCUT2D eigenvalue weighted by atomic mass is 10.2. The number of hydrogen-bond acceptors (Lipinski definition) is 6. The van der Waals surface area contributed by atoms with E-state index < -0.39 is 5.97 Å². The molecule has 1 aromatic carbocycles. The number of aromatic nitrogens is 1. The summed E-state index contributed by atoms with van der Waals surface area (Å²) >= 11 is 7.49. The Labute approximate surface area is 158 Å². The Hall–Kier alpha value is -2.64. The number of hydrogen-bond donors (Lipinski definition) is 1. The van der Waals surface area contributed by atoms with Gasteiger partial charge in [0.25, 0.3) is 0 Å². The van der Waals surface area contributed by atoms with Crippen molar-refractivity contribution in [3.8, 4) is 10.8 Å². The second-order valence-corrected chi connectivity index (χ2v) is 6.77. The van der Waals surface area contributed by atoms with Crippen molar-refractivity contribution in [2.45, 2.75) is 13.3 Å². The van der Waals surface area contributed by atoms with E-state index in [0.717, 1.165) is 4.88 Å². The molecule has 8 heteroatoms. The van der Waals surface area contributed by atoms with E-state index in [9.17, 15) is 9.59 Å². The summed E-state index contributed by atoms with van der Waals surface area (Å²) < 4.78 is 10.3. The van der Waals surface area contributed by atoms with Crippen molar-refractivity contribution in [1.29, 1.82) is 0 Å². The summed E-state index contributed by atoms with van der Waals surface area (Å²) in [7, 11) is 1.27. The normalized spacial score (nSPS) is 10.6. The van der Waals surface area contributed by atoms with E-state index in [1.165, 1.54) is 30.6 Å². The fourth-order valence-electron chi connectivity index (χ4n) is 2.32. The van der Waals surface area contributed by atoms with E-state index in [4.69, 9.17) is 16.0 Å². The molecule has 0 spiro atoms. The number of methoxy groups -OCH3 is 1. The molecule has 134 valence electrons. The van der Waals surface area contributed by atoms with Crippen LogP contribution in [0.5, 0.6) is 0 Å². The second kappa shape index (κ2) is 7.72. The zero-order valence-electron chi connectivity index (χ0n) is 14.0. The summed E-state index contributed by atoms with van der Waals surface area (Å²) in [6, 6.07) is 8.42. The standard InChI is InChI=1S/C18H15ClN2O4S/c1-10-14(21-17(25-10)15-4-3-7-26-15)9-16(22)20-11-5-6-13(19)12(8-11)18(23)24-2/h3-8H,9H2,1-2H3,(H,20,22). The summed E-state index contributed by atoms with van der Waals surface area (Å²) in [6.07, 6.45) is 0.0525. The van der Waals surface area contributed by atoms with Gasteiger partial charge in [-0.15, -0.1) is 11.3 Å². The van der Waals surface area contributed by atoms with E-state index >= 15 is 0 Å². The molecule has 1 N–H and O–H groups in total. The van der Waals surface area contributed by atoms with Crippen LogP contribution in [0.4, 0.5) is 5.69 Å². The van der Waals surface area contributed by atoms with Gasteiger partial charge in [0.2, 0.25) is 11.8 Å². The van der Waals surface area contributed by atoms with Crippen molar-refractivity contribution < 1.29 is 18.7 Å². The SMILES string of the molecule is COC(=O)c1cc(NC(=O)Cc2nc(-c3cccs3)oc2C)ccc1Cl. The first-order chi connectivity index (χ1) is 12.5. The van der Waals surface area contributed by atoms with Crippen molar-refractivity contribution >= 4 is 40.5 Å². The van der Waals surface area contributed by atoms with Crippen molar-refractivity contribution in [1.82, 2.24) is 4.98 Å². The molecule has 0 aliphatic rings. The van der Waals surface area contributed by atoms with Crippen LogP contribution in [0.15, 0.2) is 40.1 Å². The monoisotopic (exact) mass is 390 g/mol. The first-order valence-corrected chi connectivity index (χ1v) is 8.91. The van der Waals surface area contributed by atoms with Crippen molar-refractivity contribution in [3.05, 3.63) is 57.8 Å². The zero-order valence-corrected chi connectivity index (χ0v) is 15.6. The molecule has 6 nitrogen and oxygen atoms in total. The number of thiophene rings is 1. The number of benzene rings is 1. The Bertz CT molecular complexity index is 950. The predicted octanol–water partition coefficient (Wildman–Crippen LogP) is 4.33. The van der Waals surface area contributed by atoms with Crippen LogP contribution < -0.4 is 5.32 Å². The molecule has 0 aliphatic heterocycles. The number of nitrogens with one attached hydrogen (secondary N) is 1. The molecule has 2 aromatic heterocycles. The van der Waals surface area contributed by atoms with Crippen LogP contribution in [0, 0.1) is 6.92 Å². The van der Waals surface area contributed by atoms with Gasteiger partial charge < -0.3 is 14.5 Å². The number of aryl methyl sites for hydroxylation is 1. The van der Waals surface area contributed by atoms with E-state index in [2.05, 4.69) is 15.0 Å². The maximum atomic E-state index is 12.3. The number of carbonyl (C=O) groups excluding carboxylic acids is 2. The number of amides is 1. The lowest BCUT2D eigenvalue weighted by Gasteiger charge is -2.07. The van der Waals surface area contributed by atoms with E-state index in [-0.39, 0.29) is 22.9 Å². The summed E-state index contributed by atoms with van der Waals surface area (Å²) in [6.45, 7) is 1.77. The summed E-state index contributed by atoms with van der Waals surface area (Å²) in [5, 5.41) is 4.91. The van der Waals surface area contributed by atoms with Gasteiger partial charge in [-0.3, -0.25) is 4.79 Å². The first-order valence-electron chi connectivity index (χ1n) is 7.66. The molecule has 0 atom stereocenters. The molecule has 0 bridgehead atoms. The lowest BCUT2D eigenvalue weighted by Crippen LogP contribution is -2.15. The Morgan fingerprint density at radius 3 is 2.85 bits per heavy atom. The van der Waals surface area contributed by atoms with Crippen molar-refractivity contribution in [3.63, 3.8) is 0 Å². The average Bonchev–Trinajstić information content (AvgIpc) is 3.26. The predicted molar refractivity (Wildman–Crippen MR) is 99.7 cm³/mol. The number of rotatable bonds is 5. The highest BCUT2D eigenvalue weighted by molar-refractivity contribution is 7.13. The molecule has 2 heterocycles. The summed E-state index contributed by atoms with van der Waals surface area (Å²) in [4.78, 5) is 29.3. The molecule has 0 fully saturated rings. The number of ether oxygens (including phenoxy) is 1. The third-order valence-electron chi connectivity index (χ3n) is 3.61. The minimum atomic E-state index is -0.570. The summed E-state index contributed by atoms with van der Waals surface area (Å²) in [5.74, 6) is 0.242. The van der Waals surface area contributed by atoms with E-state index in [1.807, 2.05) is 17.5 Å². The number of esters is 1. The third kappa shape index (κ3) is 3.95. The topological polar surface area (TPSA) is 81.4 Å². The second-order valence-electron chi connectivity index (χ2n) is 5.41. The minimum absolute atomic E-state index is 0.0525. The fraction of sp³-hybridized carbons (Fsp3) is 0.167. The van der Waals surface area contributed by atoms with Gasteiger partial charge in [-0.1, -0.05) is 17.7 Å². The molecule has 0 saturated heterocycles. The summed E-state index contributed by atoms with van der Waals surface area (Å²) in [5.41, 5.74) is 1.19. The molecule has 26 heavy (non-hydrogen) atoms. The lowest BCUT2D eigenvalue weighted by molar-refractivity contribution is -0.115.